The van der Waals surface area contributed by atoms with Crippen molar-refractivity contribution >= 4 is 5.69 Å². The van der Waals surface area contributed by atoms with E-state index in [4.69, 9.17) is 10.7 Å². The van der Waals surface area contributed by atoms with Crippen LogP contribution >= 0.6 is 0 Å². The number of benzene rings is 1. The van der Waals surface area contributed by atoms with Gasteiger partial charge < -0.3 is 11.1 Å². The summed E-state index contributed by atoms with van der Waals surface area (Å²) in [7, 11) is 0. The maximum atomic E-state index is 5.63. The second-order valence-corrected chi connectivity index (χ2v) is 6.41. The van der Waals surface area contributed by atoms with Crippen LogP contribution in [-0.2, 0) is 0 Å². The molecule has 1 heterocycles. The number of aromatic nitrogens is 2. The number of hydrogen-bond acceptors (Lipinski definition) is 4. The molecule has 3 rings (SSSR count). The minimum absolute atomic E-state index is 0.510. The molecule has 1 fully saturated rings. The molecule has 0 radical (unpaired) electrons. The number of aryl methyl sites for hydroxylation is 1. The molecule has 0 aliphatic heterocycles. The molecule has 4 nitrogen and oxygen atoms in total. The fourth-order valence-corrected chi connectivity index (χ4v) is 3.30. The molecule has 1 aromatic heterocycles. The van der Waals surface area contributed by atoms with Gasteiger partial charge in [0.2, 0.25) is 0 Å². The minimum Gasteiger partial charge on any atom is -0.381 e. The highest BCUT2D eigenvalue weighted by atomic mass is 15.0. The lowest BCUT2D eigenvalue weighted by Gasteiger charge is -2.21. The van der Waals surface area contributed by atoms with Crippen LogP contribution in [0, 0.1) is 6.92 Å². The average Bonchev–Trinajstić information content (AvgIpc) is 2.60. The van der Waals surface area contributed by atoms with Crippen LogP contribution in [-0.4, -0.2) is 23.1 Å². The molecule has 2 aromatic rings. The SMILES string of the molecule is Cc1cccc(-c2nc(C3CCCCC3)ncc2NCCN)c1. The van der Waals surface area contributed by atoms with Gasteiger partial charge in [-0.15, -0.1) is 0 Å². The first-order valence-electron chi connectivity index (χ1n) is 8.66. The molecule has 1 aliphatic rings. The van der Waals surface area contributed by atoms with Gasteiger partial charge in [0, 0.05) is 24.6 Å². The van der Waals surface area contributed by atoms with E-state index in [-0.39, 0.29) is 0 Å². The Labute approximate surface area is 138 Å². The molecular weight excluding hydrogens is 284 g/mol. The number of hydrogen-bond donors (Lipinski definition) is 2. The summed E-state index contributed by atoms with van der Waals surface area (Å²) in [4.78, 5) is 9.60. The topological polar surface area (TPSA) is 63.8 Å². The van der Waals surface area contributed by atoms with Gasteiger partial charge in [-0.3, -0.25) is 0 Å². The predicted molar refractivity (Wildman–Crippen MR) is 95.6 cm³/mol. The first kappa shape index (κ1) is 15.9. The van der Waals surface area contributed by atoms with E-state index in [1.54, 1.807) is 0 Å². The lowest BCUT2D eigenvalue weighted by molar-refractivity contribution is 0.429. The molecule has 3 N–H and O–H groups in total. The van der Waals surface area contributed by atoms with Crippen molar-refractivity contribution in [3.8, 4) is 11.3 Å². The zero-order valence-corrected chi connectivity index (χ0v) is 13.9. The molecule has 122 valence electrons. The third kappa shape index (κ3) is 3.88. The van der Waals surface area contributed by atoms with Crippen molar-refractivity contribution in [1.29, 1.82) is 0 Å². The van der Waals surface area contributed by atoms with Crippen LogP contribution in [0.15, 0.2) is 30.5 Å². The van der Waals surface area contributed by atoms with E-state index in [1.807, 2.05) is 6.20 Å². The summed E-state index contributed by atoms with van der Waals surface area (Å²) in [5.41, 5.74) is 9.99. The zero-order valence-electron chi connectivity index (χ0n) is 13.9. The molecule has 0 bridgehead atoms. The highest BCUT2D eigenvalue weighted by Crippen LogP contribution is 2.33. The Hall–Kier alpha value is -1.94. The first-order valence-corrected chi connectivity index (χ1v) is 8.66. The van der Waals surface area contributed by atoms with Gasteiger partial charge >= 0.3 is 0 Å². The van der Waals surface area contributed by atoms with E-state index in [1.165, 1.54) is 37.7 Å². The van der Waals surface area contributed by atoms with Crippen LogP contribution in [0.25, 0.3) is 11.3 Å². The second-order valence-electron chi connectivity index (χ2n) is 6.41. The summed E-state index contributed by atoms with van der Waals surface area (Å²) in [5, 5.41) is 3.36. The Balaban J connectivity index is 1.97. The largest absolute Gasteiger partial charge is 0.381 e. The fourth-order valence-electron chi connectivity index (χ4n) is 3.30. The monoisotopic (exact) mass is 310 g/mol. The van der Waals surface area contributed by atoms with Gasteiger partial charge in [0.25, 0.3) is 0 Å². The first-order chi connectivity index (χ1) is 11.3. The zero-order chi connectivity index (χ0) is 16.1. The summed E-state index contributed by atoms with van der Waals surface area (Å²) in [6.45, 7) is 3.43. The number of rotatable bonds is 5. The van der Waals surface area contributed by atoms with Crippen molar-refractivity contribution < 1.29 is 0 Å². The number of anilines is 1. The van der Waals surface area contributed by atoms with E-state index in [9.17, 15) is 0 Å². The predicted octanol–water partition coefficient (Wildman–Crippen LogP) is 3.87. The molecule has 0 saturated heterocycles. The van der Waals surface area contributed by atoms with Crippen LogP contribution in [0.1, 0.15) is 49.4 Å². The minimum atomic E-state index is 0.510. The summed E-state index contributed by atoms with van der Waals surface area (Å²) < 4.78 is 0. The molecule has 0 spiro atoms. The molecule has 0 amide bonds. The summed E-state index contributed by atoms with van der Waals surface area (Å²) in [5.74, 6) is 1.51. The van der Waals surface area contributed by atoms with E-state index in [0.717, 1.165) is 29.3 Å². The molecule has 23 heavy (non-hydrogen) atoms. The maximum Gasteiger partial charge on any atom is 0.132 e. The van der Waals surface area contributed by atoms with Gasteiger partial charge in [-0.1, -0.05) is 43.0 Å². The lowest BCUT2D eigenvalue weighted by Crippen LogP contribution is -2.15. The van der Waals surface area contributed by atoms with Crippen molar-refractivity contribution in [2.45, 2.75) is 44.9 Å². The molecule has 1 aliphatic carbocycles. The standard InChI is InChI=1S/C19H26N4/c1-14-6-5-9-16(12-14)18-17(21-11-10-20)13-22-19(23-18)15-7-3-2-4-8-15/h5-6,9,12-13,15,21H,2-4,7-8,10-11,20H2,1H3. The van der Waals surface area contributed by atoms with Crippen LogP contribution in [0.4, 0.5) is 5.69 Å². The summed E-state index contributed by atoms with van der Waals surface area (Å²) in [6, 6.07) is 8.49. The maximum absolute atomic E-state index is 5.63. The van der Waals surface area contributed by atoms with Gasteiger partial charge in [-0.25, -0.2) is 9.97 Å². The van der Waals surface area contributed by atoms with Crippen molar-refractivity contribution in [3.05, 3.63) is 41.9 Å². The Kier molecular flexibility index (Phi) is 5.23. The number of nitrogens with one attached hydrogen (secondary N) is 1. The smallest absolute Gasteiger partial charge is 0.132 e. The van der Waals surface area contributed by atoms with Crippen molar-refractivity contribution in [2.75, 3.05) is 18.4 Å². The normalized spacial score (nSPS) is 15.6. The van der Waals surface area contributed by atoms with Gasteiger partial charge in [0.05, 0.1) is 17.6 Å². The van der Waals surface area contributed by atoms with E-state index in [2.05, 4.69) is 41.5 Å². The Morgan fingerprint density at radius 3 is 2.78 bits per heavy atom. The summed E-state index contributed by atoms with van der Waals surface area (Å²) in [6.07, 6.45) is 8.29. The third-order valence-electron chi connectivity index (χ3n) is 4.53. The molecule has 4 heteroatoms. The average molecular weight is 310 g/mol. The van der Waals surface area contributed by atoms with Gasteiger partial charge in [0.1, 0.15) is 5.82 Å². The highest BCUT2D eigenvalue weighted by Gasteiger charge is 2.20. The quantitative estimate of drug-likeness (QED) is 0.880. The number of nitrogens with zero attached hydrogens (tertiary/aromatic N) is 2. The van der Waals surface area contributed by atoms with E-state index in [0.29, 0.717) is 12.5 Å². The lowest BCUT2D eigenvalue weighted by atomic mass is 9.88. The van der Waals surface area contributed by atoms with Crippen LogP contribution in [0.3, 0.4) is 0 Å². The van der Waals surface area contributed by atoms with Crippen LogP contribution < -0.4 is 11.1 Å². The molecular formula is C19H26N4. The van der Waals surface area contributed by atoms with Crippen molar-refractivity contribution in [3.63, 3.8) is 0 Å². The van der Waals surface area contributed by atoms with Gasteiger partial charge in [0.15, 0.2) is 0 Å². The second kappa shape index (κ2) is 7.55. The molecule has 1 saturated carbocycles. The molecule has 0 unspecified atom stereocenters. The Morgan fingerprint density at radius 1 is 1.22 bits per heavy atom. The van der Waals surface area contributed by atoms with E-state index < -0.39 is 0 Å². The van der Waals surface area contributed by atoms with Crippen molar-refractivity contribution in [2.24, 2.45) is 5.73 Å². The van der Waals surface area contributed by atoms with Gasteiger partial charge in [-0.05, 0) is 25.8 Å². The van der Waals surface area contributed by atoms with E-state index >= 15 is 0 Å². The Bertz CT molecular complexity index is 648. The summed E-state index contributed by atoms with van der Waals surface area (Å²) >= 11 is 0. The Morgan fingerprint density at radius 2 is 2.04 bits per heavy atom. The van der Waals surface area contributed by atoms with Gasteiger partial charge in [-0.2, -0.15) is 0 Å². The highest BCUT2D eigenvalue weighted by molar-refractivity contribution is 5.74. The van der Waals surface area contributed by atoms with Crippen molar-refractivity contribution in [1.82, 2.24) is 9.97 Å². The number of nitrogens with two attached hydrogens (primary N) is 1. The molecule has 0 atom stereocenters. The third-order valence-corrected chi connectivity index (χ3v) is 4.53. The van der Waals surface area contributed by atoms with Crippen LogP contribution in [0.2, 0.25) is 0 Å². The van der Waals surface area contributed by atoms with Crippen LogP contribution in [0.5, 0.6) is 0 Å². The fraction of sp³-hybridized carbons (Fsp3) is 0.474. The molecule has 1 aromatic carbocycles.